The van der Waals surface area contributed by atoms with Gasteiger partial charge >= 0.3 is 5.97 Å². The van der Waals surface area contributed by atoms with Gasteiger partial charge in [0.15, 0.2) is 11.4 Å². The van der Waals surface area contributed by atoms with Crippen LogP contribution in [0.25, 0.3) is 0 Å². The molecule has 0 rings (SSSR count). The van der Waals surface area contributed by atoms with Gasteiger partial charge in [0.05, 0.1) is 0 Å². The molecule has 0 saturated heterocycles. The highest BCUT2D eigenvalue weighted by Gasteiger charge is 2.27. The minimum Gasteiger partial charge on any atom is -0.479 e. The Labute approximate surface area is 75.8 Å². The van der Waals surface area contributed by atoms with Crippen LogP contribution in [0.5, 0.6) is 0 Å². The molecule has 74 valence electrons. The first-order chi connectivity index (χ1) is 5.81. The molecule has 0 heterocycles. The lowest BCUT2D eigenvalue weighted by Gasteiger charge is -2.13. The Hall–Kier alpha value is -1.59. The zero-order valence-corrected chi connectivity index (χ0v) is 7.79. The highest BCUT2D eigenvalue weighted by Crippen LogP contribution is 2.08. The summed E-state index contributed by atoms with van der Waals surface area (Å²) in [5, 5.41) is 10.9. The summed E-state index contributed by atoms with van der Waals surface area (Å²) in [6.45, 7) is 2.70. The van der Waals surface area contributed by atoms with Gasteiger partial charge in [-0.2, -0.15) is 0 Å². The Kier molecular flexibility index (Phi) is 3.41. The van der Waals surface area contributed by atoms with Crippen LogP contribution in [0.2, 0.25) is 0 Å². The number of aliphatic imine (C=N–C) groups is 1. The van der Waals surface area contributed by atoms with Crippen molar-refractivity contribution in [1.82, 2.24) is 5.32 Å². The molecule has 0 aliphatic carbocycles. The Balaban J connectivity index is 4.74. The molecule has 4 N–H and O–H groups in total. The van der Waals surface area contributed by atoms with Crippen molar-refractivity contribution in [1.29, 1.82) is 0 Å². The zero-order chi connectivity index (χ0) is 10.6. The number of aliphatic carboxylic acids is 1. The predicted molar refractivity (Wildman–Crippen MR) is 47.4 cm³/mol. The van der Waals surface area contributed by atoms with E-state index in [0.717, 1.165) is 0 Å². The van der Waals surface area contributed by atoms with Gasteiger partial charge in [0.1, 0.15) is 0 Å². The van der Waals surface area contributed by atoms with Crippen molar-refractivity contribution >= 4 is 17.7 Å². The number of rotatable bonds is 2. The minimum atomic E-state index is -1.38. The maximum absolute atomic E-state index is 10.9. The largest absolute Gasteiger partial charge is 0.479 e. The van der Waals surface area contributed by atoms with Crippen LogP contribution in [0.3, 0.4) is 0 Å². The molecular formula is C7H13N3O3. The zero-order valence-electron chi connectivity index (χ0n) is 7.79. The van der Waals surface area contributed by atoms with Gasteiger partial charge in [-0.05, 0) is 13.8 Å². The highest BCUT2D eigenvalue weighted by molar-refractivity contribution is 6.37. The molecule has 0 bridgehead atoms. The molecule has 6 nitrogen and oxygen atoms in total. The standard InChI is InChI=1S/C7H13N3O3/c1-7(2,6(12)13)10-4(8)5(11)9-3/h1-3H3,(H2,8,10)(H,9,11)(H,12,13). The summed E-state index contributed by atoms with van der Waals surface area (Å²) in [5.74, 6) is -2.07. The number of hydrogen-bond acceptors (Lipinski definition) is 3. The lowest BCUT2D eigenvalue weighted by Crippen LogP contribution is -2.39. The SMILES string of the molecule is CNC(=O)C(N)=NC(C)(C)C(=O)O. The summed E-state index contributed by atoms with van der Waals surface area (Å²) in [6.07, 6.45) is 0. The molecule has 0 aromatic carbocycles. The molecule has 0 radical (unpaired) electrons. The van der Waals surface area contributed by atoms with E-state index in [-0.39, 0.29) is 5.84 Å². The number of nitrogens with zero attached hydrogens (tertiary/aromatic N) is 1. The van der Waals surface area contributed by atoms with E-state index < -0.39 is 17.4 Å². The second-order valence-electron chi connectivity index (χ2n) is 2.94. The van der Waals surface area contributed by atoms with Crippen molar-refractivity contribution in [2.24, 2.45) is 10.7 Å². The average Bonchev–Trinajstić information content (AvgIpc) is 2.01. The second-order valence-corrected chi connectivity index (χ2v) is 2.94. The van der Waals surface area contributed by atoms with Crippen molar-refractivity contribution in [3.63, 3.8) is 0 Å². The number of carbonyl (C=O) groups excluding carboxylic acids is 1. The Morgan fingerprint density at radius 2 is 1.92 bits per heavy atom. The number of hydrogen-bond donors (Lipinski definition) is 3. The predicted octanol–water partition coefficient (Wildman–Crippen LogP) is -1.05. The van der Waals surface area contributed by atoms with Gasteiger partial charge in [-0.3, -0.25) is 4.79 Å². The summed E-state index contributed by atoms with van der Waals surface area (Å²) in [5.41, 5.74) is 3.85. The van der Waals surface area contributed by atoms with E-state index in [1.165, 1.54) is 20.9 Å². The van der Waals surface area contributed by atoms with Crippen LogP contribution >= 0.6 is 0 Å². The van der Waals surface area contributed by atoms with Gasteiger partial charge in [0, 0.05) is 7.05 Å². The van der Waals surface area contributed by atoms with E-state index in [1.807, 2.05) is 0 Å². The van der Waals surface area contributed by atoms with Gasteiger partial charge < -0.3 is 16.2 Å². The van der Waals surface area contributed by atoms with Crippen LogP contribution < -0.4 is 11.1 Å². The third-order valence-corrected chi connectivity index (χ3v) is 1.38. The molecule has 0 aromatic heterocycles. The van der Waals surface area contributed by atoms with E-state index in [1.54, 1.807) is 0 Å². The van der Waals surface area contributed by atoms with Crippen LogP contribution in [0.1, 0.15) is 13.8 Å². The van der Waals surface area contributed by atoms with Crippen LogP contribution in [0, 0.1) is 0 Å². The van der Waals surface area contributed by atoms with Crippen LogP contribution in [0.15, 0.2) is 4.99 Å². The van der Waals surface area contributed by atoms with Crippen molar-refractivity contribution in [3.8, 4) is 0 Å². The molecule has 0 aliphatic heterocycles. The number of carbonyl (C=O) groups is 2. The van der Waals surface area contributed by atoms with Crippen molar-refractivity contribution in [2.45, 2.75) is 19.4 Å². The topological polar surface area (TPSA) is 105 Å². The number of nitrogens with one attached hydrogen (secondary N) is 1. The van der Waals surface area contributed by atoms with Crippen molar-refractivity contribution < 1.29 is 14.7 Å². The molecule has 13 heavy (non-hydrogen) atoms. The maximum Gasteiger partial charge on any atom is 0.331 e. The highest BCUT2D eigenvalue weighted by atomic mass is 16.4. The smallest absolute Gasteiger partial charge is 0.331 e. The second kappa shape index (κ2) is 3.88. The van der Waals surface area contributed by atoms with Gasteiger partial charge in [0.25, 0.3) is 5.91 Å². The van der Waals surface area contributed by atoms with Gasteiger partial charge in [0.2, 0.25) is 0 Å². The molecule has 0 atom stereocenters. The number of nitrogens with two attached hydrogens (primary N) is 1. The molecule has 6 heteroatoms. The lowest BCUT2D eigenvalue weighted by molar-refractivity contribution is -0.141. The summed E-state index contributed by atoms with van der Waals surface area (Å²) >= 11 is 0. The Morgan fingerprint density at radius 1 is 1.46 bits per heavy atom. The molecule has 1 amide bonds. The first-order valence-corrected chi connectivity index (χ1v) is 3.62. The molecular weight excluding hydrogens is 174 g/mol. The molecule has 0 spiro atoms. The van der Waals surface area contributed by atoms with Crippen molar-refractivity contribution in [3.05, 3.63) is 0 Å². The molecule has 0 aliphatic rings. The fourth-order valence-corrected chi connectivity index (χ4v) is 0.528. The van der Waals surface area contributed by atoms with Gasteiger partial charge in [-0.1, -0.05) is 0 Å². The van der Waals surface area contributed by atoms with Crippen LogP contribution in [-0.2, 0) is 9.59 Å². The third-order valence-electron chi connectivity index (χ3n) is 1.38. The number of likely N-dealkylation sites (N-methyl/N-ethyl adjacent to an activating group) is 1. The fraction of sp³-hybridized carbons (Fsp3) is 0.571. The molecule has 0 fully saturated rings. The van der Waals surface area contributed by atoms with Gasteiger partial charge in [-0.15, -0.1) is 0 Å². The molecule has 0 saturated carbocycles. The number of carboxylic acids is 1. The number of amides is 1. The Morgan fingerprint density at radius 3 is 2.23 bits per heavy atom. The minimum absolute atomic E-state index is 0.338. The van der Waals surface area contributed by atoms with E-state index in [9.17, 15) is 9.59 Å². The number of amidine groups is 1. The van der Waals surface area contributed by atoms with Crippen LogP contribution in [0.4, 0.5) is 0 Å². The van der Waals surface area contributed by atoms with E-state index in [0.29, 0.717) is 0 Å². The fourth-order valence-electron chi connectivity index (χ4n) is 0.528. The molecule has 0 aromatic rings. The quantitative estimate of drug-likeness (QED) is 0.379. The Bertz CT molecular complexity index is 258. The third kappa shape index (κ3) is 3.10. The monoisotopic (exact) mass is 187 g/mol. The van der Waals surface area contributed by atoms with Crippen LogP contribution in [-0.4, -0.2) is 35.4 Å². The lowest BCUT2D eigenvalue weighted by atomic mass is 10.1. The first kappa shape index (κ1) is 11.4. The van der Waals surface area contributed by atoms with Crippen molar-refractivity contribution in [2.75, 3.05) is 7.05 Å². The van der Waals surface area contributed by atoms with E-state index in [2.05, 4.69) is 10.3 Å². The van der Waals surface area contributed by atoms with E-state index in [4.69, 9.17) is 10.8 Å². The first-order valence-electron chi connectivity index (χ1n) is 3.62. The van der Waals surface area contributed by atoms with Gasteiger partial charge in [-0.25, -0.2) is 9.79 Å². The average molecular weight is 187 g/mol. The summed E-state index contributed by atoms with van der Waals surface area (Å²) in [6, 6.07) is 0. The molecule has 0 unspecified atom stereocenters. The maximum atomic E-state index is 10.9. The summed E-state index contributed by atoms with van der Waals surface area (Å²) < 4.78 is 0. The summed E-state index contributed by atoms with van der Waals surface area (Å²) in [7, 11) is 1.39. The normalized spacial score (nSPS) is 12.4. The summed E-state index contributed by atoms with van der Waals surface area (Å²) in [4.78, 5) is 25.0. The number of carboxylic acid groups (broad SMARTS) is 1. The van der Waals surface area contributed by atoms with E-state index >= 15 is 0 Å².